The predicted octanol–water partition coefficient (Wildman–Crippen LogP) is 4.76. The Bertz CT molecular complexity index is 401. The molecule has 100 valence electrons. The van der Waals surface area contributed by atoms with Gasteiger partial charge in [0.15, 0.2) is 0 Å². The van der Waals surface area contributed by atoms with E-state index < -0.39 is 5.97 Å². The van der Waals surface area contributed by atoms with Gasteiger partial charge in [-0.3, -0.25) is 4.79 Å². The SMILES string of the molecule is CCCCCc1ccc(C(C)CC(=O)O)cc1Br. The summed E-state index contributed by atoms with van der Waals surface area (Å²) in [5.41, 5.74) is 2.40. The first-order chi connectivity index (χ1) is 8.54. The van der Waals surface area contributed by atoms with E-state index in [0.717, 1.165) is 16.5 Å². The van der Waals surface area contributed by atoms with Crippen LogP contribution in [0.4, 0.5) is 0 Å². The van der Waals surface area contributed by atoms with E-state index in [1.165, 1.54) is 24.8 Å². The molecule has 1 rings (SSSR count). The molecule has 1 N–H and O–H groups in total. The minimum atomic E-state index is -0.745. The lowest BCUT2D eigenvalue weighted by Crippen LogP contribution is -2.03. The number of hydrogen-bond donors (Lipinski definition) is 1. The highest BCUT2D eigenvalue weighted by Crippen LogP contribution is 2.26. The molecule has 1 aromatic rings. The monoisotopic (exact) mass is 312 g/mol. The minimum Gasteiger partial charge on any atom is -0.481 e. The van der Waals surface area contributed by atoms with Crippen LogP contribution >= 0.6 is 15.9 Å². The second kappa shape index (κ2) is 7.57. The third-order valence-corrected chi connectivity index (χ3v) is 3.91. The third-order valence-electron chi connectivity index (χ3n) is 3.18. The summed E-state index contributed by atoms with van der Waals surface area (Å²) >= 11 is 3.59. The molecule has 0 bridgehead atoms. The highest BCUT2D eigenvalue weighted by Gasteiger charge is 2.11. The maximum Gasteiger partial charge on any atom is 0.303 e. The first-order valence-corrected chi connectivity index (χ1v) is 7.34. The van der Waals surface area contributed by atoms with Gasteiger partial charge in [0.1, 0.15) is 0 Å². The predicted molar refractivity (Wildman–Crippen MR) is 78.0 cm³/mol. The highest BCUT2D eigenvalue weighted by molar-refractivity contribution is 9.10. The van der Waals surface area contributed by atoms with E-state index in [4.69, 9.17) is 5.11 Å². The fourth-order valence-corrected chi connectivity index (χ4v) is 2.61. The molecule has 3 heteroatoms. The molecule has 0 fully saturated rings. The standard InChI is InChI=1S/C15H21BrO2/c1-3-4-5-6-12-7-8-13(10-14(12)16)11(2)9-15(17)18/h7-8,10-11H,3-6,9H2,1-2H3,(H,17,18). The molecular weight excluding hydrogens is 292 g/mol. The van der Waals surface area contributed by atoms with Crippen molar-refractivity contribution < 1.29 is 9.90 Å². The van der Waals surface area contributed by atoms with Crippen LogP contribution in [0.25, 0.3) is 0 Å². The van der Waals surface area contributed by atoms with Crippen LogP contribution in [-0.2, 0) is 11.2 Å². The van der Waals surface area contributed by atoms with Crippen molar-refractivity contribution in [3.63, 3.8) is 0 Å². The fraction of sp³-hybridized carbons (Fsp3) is 0.533. The molecule has 0 aromatic heterocycles. The number of carboxylic acids is 1. The summed E-state index contributed by atoms with van der Waals surface area (Å²) in [5.74, 6) is -0.686. The van der Waals surface area contributed by atoms with Crippen LogP contribution in [0.15, 0.2) is 22.7 Å². The molecule has 18 heavy (non-hydrogen) atoms. The van der Waals surface area contributed by atoms with Gasteiger partial charge in [0.25, 0.3) is 0 Å². The third kappa shape index (κ3) is 4.81. The number of carbonyl (C=O) groups is 1. The number of rotatable bonds is 7. The Labute approximate surface area is 118 Å². The Morgan fingerprint density at radius 3 is 2.67 bits per heavy atom. The van der Waals surface area contributed by atoms with Gasteiger partial charge >= 0.3 is 5.97 Å². The summed E-state index contributed by atoms with van der Waals surface area (Å²) in [4.78, 5) is 10.7. The Morgan fingerprint density at radius 1 is 1.39 bits per heavy atom. The molecule has 0 aliphatic heterocycles. The molecule has 0 aliphatic rings. The summed E-state index contributed by atoms with van der Waals surface area (Å²) in [6, 6.07) is 6.24. The number of aliphatic carboxylic acids is 1. The average Bonchev–Trinajstić information content (AvgIpc) is 2.30. The molecule has 1 atom stereocenters. The molecule has 0 heterocycles. The minimum absolute atomic E-state index is 0.0588. The molecule has 0 spiro atoms. The second-order valence-corrected chi connectivity index (χ2v) is 5.66. The lowest BCUT2D eigenvalue weighted by atomic mass is 9.96. The molecule has 1 aromatic carbocycles. The first-order valence-electron chi connectivity index (χ1n) is 6.54. The van der Waals surface area contributed by atoms with Crippen molar-refractivity contribution in [3.05, 3.63) is 33.8 Å². The Hall–Kier alpha value is -0.830. The van der Waals surface area contributed by atoms with E-state index in [2.05, 4.69) is 41.1 Å². The van der Waals surface area contributed by atoms with Crippen molar-refractivity contribution in [1.82, 2.24) is 0 Å². The molecule has 2 nitrogen and oxygen atoms in total. The Morgan fingerprint density at radius 2 is 2.11 bits per heavy atom. The van der Waals surface area contributed by atoms with Gasteiger partial charge in [0, 0.05) is 4.47 Å². The van der Waals surface area contributed by atoms with Crippen molar-refractivity contribution >= 4 is 21.9 Å². The van der Waals surface area contributed by atoms with Gasteiger partial charge in [-0.2, -0.15) is 0 Å². The van der Waals surface area contributed by atoms with Crippen LogP contribution in [0, 0.1) is 0 Å². The van der Waals surface area contributed by atoms with Crippen LogP contribution in [0.3, 0.4) is 0 Å². The topological polar surface area (TPSA) is 37.3 Å². The van der Waals surface area contributed by atoms with E-state index in [0.29, 0.717) is 0 Å². The van der Waals surface area contributed by atoms with Crippen LogP contribution in [0.5, 0.6) is 0 Å². The van der Waals surface area contributed by atoms with Gasteiger partial charge in [-0.05, 0) is 36.0 Å². The van der Waals surface area contributed by atoms with E-state index in [-0.39, 0.29) is 12.3 Å². The molecule has 0 saturated carbocycles. The highest BCUT2D eigenvalue weighted by atomic mass is 79.9. The van der Waals surface area contributed by atoms with Crippen molar-refractivity contribution in [2.75, 3.05) is 0 Å². The average molecular weight is 313 g/mol. The molecule has 0 amide bonds. The second-order valence-electron chi connectivity index (χ2n) is 4.81. The van der Waals surface area contributed by atoms with Gasteiger partial charge in [-0.15, -0.1) is 0 Å². The van der Waals surface area contributed by atoms with Gasteiger partial charge in [-0.25, -0.2) is 0 Å². The number of unbranched alkanes of at least 4 members (excludes halogenated alkanes) is 2. The van der Waals surface area contributed by atoms with E-state index in [9.17, 15) is 4.79 Å². The maximum absolute atomic E-state index is 10.7. The zero-order chi connectivity index (χ0) is 13.5. The van der Waals surface area contributed by atoms with Crippen molar-refractivity contribution in [3.8, 4) is 0 Å². The molecular formula is C15H21BrO2. The lowest BCUT2D eigenvalue weighted by molar-refractivity contribution is -0.137. The summed E-state index contributed by atoms with van der Waals surface area (Å²) < 4.78 is 1.10. The number of hydrogen-bond acceptors (Lipinski definition) is 1. The summed E-state index contributed by atoms with van der Waals surface area (Å²) in [6.45, 7) is 4.15. The zero-order valence-electron chi connectivity index (χ0n) is 11.1. The smallest absolute Gasteiger partial charge is 0.303 e. The van der Waals surface area contributed by atoms with Crippen LogP contribution in [0.1, 0.15) is 56.6 Å². The fourth-order valence-electron chi connectivity index (χ4n) is 2.02. The maximum atomic E-state index is 10.7. The first kappa shape index (κ1) is 15.2. The van der Waals surface area contributed by atoms with Crippen molar-refractivity contribution in [1.29, 1.82) is 0 Å². The molecule has 0 radical (unpaired) electrons. The van der Waals surface area contributed by atoms with Crippen LogP contribution in [-0.4, -0.2) is 11.1 Å². The largest absolute Gasteiger partial charge is 0.481 e. The Balaban J connectivity index is 2.69. The number of aryl methyl sites for hydroxylation is 1. The van der Waals surface area contributed by atoms with Crippen LogP contribution in [0.2, 0.25) is 0 Å². The normalized spacial score (nSPS) is 12.4. The zero-order valence-corrected chi connectivity index (χ0v) is 12.7. The van der Waals surface area contributed by atoms with Gasteiger partial charge in [0.2, 0.25) is 0 Å². The summed E-state index contributed by atoms with van der Waals surface area (Å²) in [5, 5.41) is 8.80. The van der Waals surface area contributed by atoms with Crippen molar-refractivity contribution in [2.45, 2.75) is 51.9 Å². The van der Waals surface area contributed by atoms with E-state index in [1.54, 1.807) is 0 Å². The van der Waals surface area contributed by atoms with Gasteiger partial charge in [0.05, 0.1) is 6.42 Å². The summed E-state index contributed by atoms with van der Waals surface area (Å²) in [7, 11) is 0. The molecule has 1 unspecified atom stereocenters. The van der Waals surface area contributed by atoms with Crippen molar-refractivity contribution in [2.24, 2.45) is 0 Å². The lowest BCUT2D eigenvalue weighted by Gasteiger charge is -2.12. The molecule has 0 aliphatic carbocycles. The Kier molecular flexibility index (Phi) is 6.41. The van der Waals surface area contributed by atoms with Crippen LogP contribution < -0.4 is 0 Å². The van der Waals surface area contributed by atoms with Gasteiger partial charge in [-0.1, -0.05) is 54.8 Å². The molecule has 0 saturated heterocycles. The quantitative estimate of drug-likeness (QED) is 0.737. The number of carboxylic acid groups (broad SMARTS) is 1. The number of halogens is 1. The number of benzene rings is 1. The van der Waals surface area contributed by atoms with Gasteiger partial charge < -0.3 is 5.11 Å². The summed E-state index contributed by atoms with van der Waals surface area (Å²) in [6.07, 6.45) is 4.96. The van der Waals surface area contributed by atoms with E-state index >= 15 is 0 Å². The van der Waals surface area contributed by atoms with E-state index in [1.807, 2.05) is 6.92 Å².